The van der Waals surface area contributed by atoms with E-state index < -0.39 is 18.0 Å². The van der Waals surface area contributed by atoms with Crippen LogP contribution < -0.4 is 11.1 Å². The molecule has 0 spiro atoms. The number of pyridine rings is 1. The molecule has 37 heavy (non-hydrogen) atoms. The van der Waals surface area contributed by atoms with E-state index in [-0.39, 0.29) is 29.7 Å². The minimum Gasteiger partial charge on any atom is -0.391 e. The number of fused-ring (bicyclic) bond motifs is 1. The quantitative estimate of drug-likeness (QED) is 0.379. The molecule has 186 valence electrons. The van der Waals surface area contributed by atoms with Gasteiger partial charge in [0.2, 0.25) is 0 Å². The first-order valence-electron chi connectivity index (χ1n) is 11.8. The minimum atomic E-state index is -0.610. The van der Waals surface area contributed by atoms with E-state index in [4.69, 9.17) is 10.7 Å². The zero-order valence-corrected chi connectivity index (χ0v) is 20.0. The van der Waals surface area contributed by atoms with Crippen molar-refractivity contribution in [1.82, 2.24) is 19.9 Å². The smallest absolute Gasteiger partial charge is 0.255 e. The number of benzene rings is 2. The number of aromatic nitrogens is 3. The Morgan fingerprint density at radius 2 is 2.05 bits per heavy atom. The second-order valence-corrected chi connectivity index (χ2v) is 8.93. The molecule has 2 aromatic heterocycles. The zero-order chi connectivity index (χ0) is 26.1. The second kappa shape index (κ2) is 9.79. The van der Waals surface area contributed by atoms with Crippen molar-refractivity contribution in [2.24, 2.45) is 0 Å². The summed E-state index contributed by atoms with van der Waals surface area (Å²) in [5.74, 6) is -0.525. The van der Waals surface area contributed by atoms with Gasteiger partial charge >= 0.3 is 0 Å². The summed E-state index contributed by atoms with van der Waals surface area (Å²) in [7, 11) is 0. The molecule has 0 bridgehead atoms. The Hall–Kier alpha value is -4.62. The molecule has 1 aliphatic rings. The van der Waals surface area contributed by atoms with E-state index in [0.717, 1.165) is 5.56 Å². The predicted molar refractivity (Wildman–Crippen MR) is 137 cm³/mol. The van der Waals surface area contributed by atoms with E-state index >= 15 is 0 Å². The number of likely N-dealkylation sites (tertiary alicyclic amines) is 1. The van der Waals surface area contributed by atoms with E-state index in [1.165, 1.54) is 24.5 Å². The number of carbonyl (C=O) groups excluding carboxylic acids is 1. The van der Waals surface area contributed by atoms with Crippen LogP contribution in [0, 0.1) is 17.1 Å². The average Bonchev–Trinajstić information content (AvgIpc) is 3.34. The summed E-state index contributed by atoms with van der Waals surface area (Å²) in [6.07, 6.45) is 1.12. The van der Waals surface area contributed by atoms with Gasteiger partial charge in [0, 0.05) is 24.0 Å². The van der Waals surface area contributed by atoms with Crippen LogP contribution in [-0.4, -0.2) is 50.1 Å². The standard InChI is InChI=1S/C27H24FN7O2/c1-15(33-26-20(12-29)25(30)31-14-32-26)24-22(16-5-3-2-4-6-16)23(27(37)35-10-9-18(36)13-35)19-11-17(28)7-8-21(19)34-24/h2-8,11,14-15,18,36H,9-10,13H2,1H3,(H3,30,31,32,33)/t15?,18-/m0/s1. The zero-order valence-electron chi connectivity index (χ0n) is 20.0. The molecule has 4 aromatic rings. The van der Waals surface area contributed by atoms with Crippen LogP contribution in [0.5, 0.6) is 0 Å². The van der Waals surface area contributed by atoms with Gasteiger partial charge in [0.05, 0.1) is 28.9 Å². The van der Waals surface area contributed by atoms with Gasteiger partial charge in [-0.15, -0.1) is 0 Å². The lowest BCUT2D eigenvalue weighted by molar-refractivity contribution is 0.0767. The van der Waals surface area contributed by atoms with Crippen LogP contribution in [0.2, 0.25) is 0 Å². The highest BCUT2D eigenvalue weighted by Crippen LogP contribution is 2.38. The van der Waals surface area contributed by atoms with Crippen molar-refractivity contribution in [3.63, 3.8) is 0 Å². The third kappa shape index (κ3) is 4.52. The maximum atomic E-state index is 14.5. The number of nitrogen functional groups attached to an aromatic ring is 1. The maximum Gasteiger partial charge on any atom is 0.255 e. The summed E-state index contributed by atoms with van der Waals surface area (Å²) in [5, 5.41) is 23.2. The number of nitriles is 1. The van der Waals surface area contributed by atoms with Crippen molar-refractivity contribution in [2.45, 2.75) is 25.5 Å². The molecule has 0 radical (unpaired) electrons. The Bertz CT molecular complexity index is 1540. The van der Waals surface area contributed by atoms with E-state index in [0.29, 0.717) is 40.7 Å². The summed E-state index contributed by atoms with van der Waals surface area (Å²) in [5.41, 5.74) is 8.47. The van der Waals surface area contributed by atoms with Gasteiger partial charge < -0.3 is 21.1 Å². The molecule has 10 heteroatoms. The normalized spacial score (nSPS) is 15.9. The summed E-state index contributed by atoms with van der Waals surface area (Å²) >= 11 is 0. The van der Waals surface area contributed by atoms with E-state index in [1.54, 1.807) is 4.90 Å². The number of nitrogens with zero attached hydrogens (tertiary/aromatic N) is 5. The second-order valence-electron chi connectivity index (χ2n) is 8.93. The molecule has 3 heterocycles. The van der Waals surface area contributed by atoms with E-state index in [1.807, 2.05) is 43.3 Å². The van der Waals surface area contributed by atoms with Gasteiger partial charge in [-0.05, 0) is 37.1 Å². The molecule has 1 unspecified atom stereocenters. The number of amides is 1. The molecule has 1 amide bonds. The highest BCUT2D eigenvalue weighted by molar-refractivity contribution is 6.12. The summed E-state index contributed by atoms with van der Waals surface area (Å²) in [4.78, 5) is 28.4. The fourth-order valence-electron chi connectivity index (χ4n) is 4.66. The van der Waals surface area contributed by atoms with Crippen molar-refractivity contribution in [1.29, 1.82) is 5.26 Å². The van der Waals surface area contributed by atoms with E-state index in [2.05, 4.69) is 15.3 Å². The number of nitrogens with one attached hydrogen (secondary N) is 1. The molecule has 1 saturated heterocycles. The van der Waals surface area contributed by atoms with Crippen LogP contribution in [0.4, 0.5) is 16.0 Å². The van der Waals surface area contributed by atoms with Crippen LogP contribution >= 0.6 is 0 Å². The molecule has 2 atom stereocenters. The highest BCUT2D eigenvalue weighted by Gasteiger charge is 2.31. The Morgan fingerprint density at radius 1 is 1.27 bits per heavy atom. The van der Waals surface area contributed by atoms with Crippen LogP contribution in [0.3, 0.4) is 0 Å². The Balaban J connectivity index is 1.75. The van der Waals surface area contributed by atoms with Crippen molar-refractivity contribution in [2.75, 3.05) is 24.1 Å². The van der Waals surface area contributed by atoms with Crippen molar-refractivity contribution in [3.8, 4) is 17.2 Å². The number of anilines is 2. The van der Waals surface area contributed by atoms with Gasteiger partial charge in [0.1, 0.15) is 35.4 Å². The molecule has 9 nitrogen and oxygen atoms in total. The number of β-amino-alcohol motifs (C(OH)–C–C–N with tert-alkyl or cyclic N) is 1. The SMILES string of the molecule is CC(Nc1ncnc(N)c1C#N)c1nc2ccc(F)cc2c(C(=O)N2CC[C@H](O)C2)c1-c1ccccc1. The van der Waals surface area contributed by atoms with Crippen molar-refractivity contribution < 1.29 is 14.3 Å². The fraction of sp³-hybridized carbons (Fsp3) is 0.222. The molecule has 1 fully saturated rings. The number of aliphatic hydroxyl groups is 1. The van der Waals surface area contributed by atoms with Gasteiger partial charge in [-0.25, -0.2) is 19.3 Å². The molecule has 5 rings (SSSR count). The average molecular weight is 498 g/mol. The number of rotatable bonds is 5. The number of hydrogen-bond acceptors (Lipinski definition) is 8. The first kappa shape index (κ1) is 24.1. The highest BCUT2D eigenvalue weighted by atomic mass is 19.1. The summed E-state index contributed by atoms with van der Waals surface area (Å²) in [6, 6.07) is 14.9. The molecule has 4 N–H and O–H groups in total. The van der Waals surface area contributed by atoms with Gasteiger partial charge in [-0.1, -0.05) is 30.3 Å². The lowest BCUT2D eigenvalue weighted by Gasteiger charge is -2.24. The predicted octanol–water partition coefficient (Wildman–Crippen LogP) is 3.66. The Labute approximate surface area is 212 Å². The van der Waals surface area contributed by atoms with Gasteiger partial charge in [-0.3, -0.25) is 4.79 Å². The van der Waals surface area contributed by atoms with Crippen LogP contribution in [0.1, 0.15) is 41.0 Å². The Kier molecular flexibility index (Phi) is 6.38. The van der Waals surface area contributed by atoms with Crippen LogP contribution in [0.15, 0.2) is 54.9 Å². The number of carbonyl (C=O) groups is 1. The molecular weight excluding hydrogens is 473 g/mol. The fourth-order valence-corrected chi connectivity index (χ4v) is 4.66. The van der Waals surface area contributed by atoms with Gasteiger partial charge in [0.15, 0.2) is 0 Å². The lowest BCUT2D eigenvalue weighted by Crippen LogP contribution is -2.31. The molecule has 0 saturated carbocycles. The molecular formula is C27H24FN7O2. The first-order chi connectivity index (χ1) is 17.9. The largest absolute Gasteiger partial charge is 0.391 e. The molecule has 0 aliphatic carbocycles. The number of hydrogen-bond donors (Lipinski definition) is 3. The number of halogens is 1. The monoisotopic (exact) mass is 497 g/mol. The first-order valence-corrected chi connectivity index (χ1v) is 11.8. The van der Waals surface area contributed by atoms with Gasteiger partial charge in [0.25, 0.3) is 5.91 Å². The molecule has 1 aliphatic heterocycles. The van der Waals surface area contributed by atoms with E-state index in [9.17, 15) is 19.6 Å². The van der Waals surface area contributed by atoms with Crippen molar-refractivity contribution in [3.05, 3.63) is 77.5 Å². The molecule has 2 aromatic carbocycles. The summed E-state index contributed by atoms with van der Waals surface area (Å²) in [6.45, 7) is 2.42. The van der Waals surface area contributed by atoms with Crippen LogP contribution in [0.25, 0.3) is 22.0 Å². The Morgan fingerprint density at radius 3 is 2.76 bits per heavy atom. The van der Waals surface area contributed by atoms with Crippen molar-refractivity contribution >= 4 is 28.4 Å². The topological polar surface area (TPSA) is 141 Å². The third-order valence-electron chi connectivity index (χ3n) is 6.45. The number of aliphatic hydroxyl groups excluding tert-OH is 1. The van der Waals surface area contributed by atoms with Crippen LogP contribution in [-0.2, 0) is 0 Å². The number of nitrogens with two attached hydrogens (primary N) is 1. The minimum absolute atomic E-state index is 0.0425. The van der Waals surface area contributed by atoms with Gasteiger partial charge in [-0.2, -0.15) is 5.26 Å². The lowest BCUT2D eigenvalue weighted by atomic mass is 9.91. The summed E-state index contributed by atoms with van der Waals surface area (Å²) < 4.78 is 14.5. The maximum absolute atomic E-state index is 14.5. The third-order valence-corrected chi connectivity index (χ3v) is 6.45.